The van der Waals surface area contributed by atoms with Crippen molar-refractivity contribution in [3.05, 3.63) is 58.8 Å². The topological polar surface area (TPSA) is 0 Å². The van der Waals surface area contributed by atoms with Crippen LogP contribution in [0.2, 0.25) is 0 Å². The van der Waals surface area contributed by atoms with E-state index in [-0.39, 0.29) is 0 Å². The van der Waals surface area contributed by atoms with Crippen LogP contribution in [-0.4, -0.2) is 11.5 Å². The predicted octanol–water partition coefficient (Wildman–Crippen LogP) is 2.36. The fraction of sp³-hybridized carbons (Fsp3) is 0.250. The largest absolute Gasteiger partial charge is 0.119 e. The van der Waals surface area contributed by atoms with Gasteiger partial charge in [0.25, 0.3) is 0 Å². The van der Waals surface area contributed by atoms with E-state index in [0.717, 1.165) is 0 Å². The maximum Gasteiger partial charge on any atom is 0.119 e. The predicted molar refractivity (Wildman–Crippen MR) is 80.3 cm³/mol. The molecule has 0 unspecified atom stereocenters. The second kappa shape index (κ2) is 6.51. The van der Waals surface area contributed by atoms with Crippen molar-refractivity contribution in [2.75, 3.05) is 11.5 Å². The number of benzene rings is 1. The highest BCUT2D eigenvalue weighted by atomic mass is 32.2. The second-order valence-corrected chi connectivity index (χ2v) is 6.38. The molecule has 0 bridgehead atoms. The summed E-state index contributed by atoms with van der Waals surface area (Å²) in [7, 11) is 0.560. The summed E-state index contributed by atoms with van der Waals surface area (Å²) in [4.78, 5) is 0. The molecule has 17 heavy (non-hydrogen) atoms. The molecule has 0 N–H and O–H groups in total. The molecule has 1 fully saturated rings. The molecule has 0 radical (unpaired) electrons. The lowest BCUT2D eigenvalue weighted by Crippen LogP contribution is -2.06. The number of hydrogen-bond acceptors (Lipinski definition) is 0. The van der Waals surface area contributed by atoms with Gasteiger partial charge in [-0.3, -0.25) is 0 Å². The first kappa shape index (κ1) is 12.3. The molecule has 1 saturated heterocycles. The van der Waals surface area contributed by atoms with Crippen LogP contribution >= 0.6 is 0 Å². The van der Waals surface area contributed by atoms with Gasteiger partial charge in [0.1, 0.15) is 16.9 Å². The highest BCUT2D eigenvalue weighted by molar-refractivity contribution is 7.99. The Morgan fingerprint density at radius 2 is 1.53 bits per heavy atom. The molecule has 1 heterocycles. The Labute approximate surface area is 106 Å². The summed E-state index contributed by atoms with van der Waals surface area (Å²) in [5, 5.41) is 4.86. The van der Waals surface area contributed by atoms with Gasteiger partial charge >= 0.3 is 0 Å². The average molecular weight is 243 g/mol. The zero-order valence-electron chi connectivity index (χ0n) is 10.1. The van der Waals surface area contributed by atoms with Crippen molar-refractivity contribution >= 4 is 23.0 Å². The van der Waals surface area contributed by atoms with Gasteiger partial charge in [0.05, 0.1) is 0 Å². The fourth-order valence-electron chi connectivity index (χ4n) is 1.93. The van der Waals surface area contributed by atoms with Crippen molar-refractivity contribution in [2.24, 2.45) is 0 Å². The third-order valence-corrected chi connectivity index (χ3v) is 5.04. The molecular weight excluding hydrogens is 224 g/mol. The van der Waals surface area contributed by atoms with E-state index in [1.165, 1.54) is 34.8 Å². The Morgan fingerprint density at radius 3 is 2.12 bits per heavy atom. The molecule has 2 rings (SSSR count). The van der Waals surface area contributed by atoms with Crippen molar-refractivity contribution in [1.82, 2.24) is 0 Å². The zero-order chi connectivity index (χ0) is 11.9. The van der Waals surface area contributed by atoms with E-state index in [2.05, 4.69) is 48.4 Å². The van der Waals surface area contributed by atoms with Crippen LogP contribution in [0.3, 0.4) is 0 Å². The Morgan fingerprint density at radius 1 is 0.941 bits per heavy atom. The summed E-state index contributed by atoms with van der Waals surface area (Å²) in [6.45, 7) is 3.70. The van der Waals surface area contributed by atoms with E-state index in [1.807, 2.05) is 12.2 Å². The minimum Gasteiger partial charge on any atom is -0.0990 e. The first-order chi connectivity index (χ1) is 8.38. The molecule has 1 aliphatic heterocycles. The molecule has 88 valence electrons. The molecule has 0 aromatic heterocycles. The molecule has 0 aliphatic carbocycles. The highest BCUT2D eigenvalue weighted by Crippen LogP contribution is 2.14. The molecule has 0 atom stereocenters. The van der Waals surface area contributed by atoms with E-state index >= 15 is 0 Å². The lowest BCUT2D eigenvalue weighted by atomic mass is 10.2. The lowest BCUT2D eigenvalue weighted by Gasteiger charge is -1.88. The molecule has 0 nitrogen and oxygen atoms in total. The highest BCUT2D eigenvalue weighted by Gasteiger charge is 2.20. The third-order valence-electron chi connectivity index (χ3n) is 2.87. The minimum atomic E-state index is 0.560. The number of allylic oxidation sites excluding steroid dienone is 2. The molecule has 1 aliphatic rings. The lowest BCUT2D eigenvalue weighted by molar-refractivity contribution is 0.949. The van der Waals surface area contributed by atoms with E-state index in [9.17, 15) is 0 Å². The maximum atomic E-state index is 3.70. The van der Waals surface area contributed by atoms with E-state index in [4.69, 9.17) is 0 Å². The summed E-state index contributed by atoms with van der Waals surface area (Å²) >= 11 is 0. The molecule has 1 heteroatoms. The summed E-state index contributed by atoms with van der Waals surface area (Å²) in [6, 6.07) is 8.55. The quantitative estimate of drug-likeness (QED) is 0.715. The molecule has 1 aromatic carbocycles. The van der Waals surface area contributed by atoms with Gasteiger partial charge < -0.3 is 0 Å². The van der Waals surface area contributed by atoms with E-state index in [1.54, 1.807) is 0 Å². The van der Waals surface area contributed by atoms with E-state index in [0.29, 0.717) is 10.9 Å². The zero-order valence-corrected chi connectivity index (χ0v) is 11.0. The average Bonchev–Trinajstić information content (AvgIpc) is 2.85. The SMILES string of the molecule is C=CC=c1ccc(=C/C=C/[S+]2CCCC2)cc1. The molecule has 0 spiro atoms. The van der Waals surface area contributed by atoms with Crippen molar-refractivity contribution in [1.29, 1.82) is 0 Å². The van der Waals surface area contributed by atoms with Crippen LogP contribution in [0.15, 0.2) is 48.4 Å². The van der Waals surface area contributed by atoms with Crippen molar-refractivity contribution in [3.8, 4) is 0 Å². The van der Waals surface area contributed by atoms with Crippen LogP contribution in [-0.2, 0) is 10.9 Å². The van der Waals surface area contributed by atoms with Gasteiger partial charge in [0.2, 0.25) is 0 Å². The van der Waals surface area contributed by atoms with Crippen molar-refractivity contribution < 1.29 is 0 Å². The van der Waals surface area contributed by atoms with Crippen LogP contribution in [0.1, 0.15) is 12.8 Å². The monoisotopic (exact) mass is 243 g/mol. The Balaban J connectivity index is 2.06. The van der Waals surface area contributed by atoms with E-state index < -0.39 is 0 Å². The van der Waals surface area contributed by atoms with Crippen LogP contribution in [0.25, 0.3) is 12.2 Å². The van der Waals surface area contributed by atoms with Gasteiger partial charge in [-0.05, 0) is 29.4 Å². The third kappa shape index (κ3) is 3.94. The van der Waals surface area contributed by atoms with Crippen molar-refractivity contribution in [3.63, 3.8) is 0 Å². The first-order valence-corrected chi connectivity index (χ1v) is 7.75. The fourth-order valence-corrected chi connectivity index (χ4v) is 3.86. The van der Waals surface area contributed by atoms with Crippen LogP contribution in [0.5, 0.6) is 0 Å². The van der Waals surface area contributed by atoms with Gasteiger partial charge in [0.15, 0.2) is 0 Å². The Bertz CT molecular complexity index is 481. The maximum absolute atomic E-state index is 3.70. The summed E-state index contributed by atoms with van der Waals surface area (Å²) < 4.78 is 0. The van der Waals surface area contributed by atoms with Crippen molar-refractivity contribution in [2.45, 2.75) is 12.8 Å². The standard InChI is InChI=1S/C16H19S/c1-2-6-15-8-10-16(11-9-15)7-5-14-17-12-3-4-13-17/h2,5-11,14H,1,3-4,12-13H2/q+1/b14-5+,15-6?,16-7?. The minimum absolute atomic E-state index is 0.560. The van der Waals surface area contributed by atoms with Crippen LogP contribution < -0.4 is 10.4 Å². The summed E-state index contributed by atoms with van der Waals surface area (Å²) in [5.41, 5.74) is 0. The normalized spacial score (nSPS) is 16.2. The van der Waals surface area contributed by atoms with Crippen LogP contribution in [0.4, 0.5) is 0 Å². The van der Waals surface area contributed by atoms with Gasteiger partial charge in [-0.25, -0.2) is 0 Å². The Kier molecular flexibility index (Phi) is 4.69. The molecular formula is C16H19S+. The molecule has 0 amide bonds. The smallest absolute Gasteiger partial charge is 0.0990 e. The van der Waals surface area contributed by atoms with Gasteiger partial charge in [0, 0.05) is 10.9 Å². The first-order valence-electron chi connectivity index (χ1n) is 6.12. The van der Waals surface area contributed by atoms with Gasteiger partial charge in [-0.2, -0.15) is 0 Å². The second-order valence-electron chi connectivity index (χ2n) is 4.22. The van der Waals surface area contributed by atoms with Gasteiger partial charge in [-0.1, -0.05) is 49.1 Å². The van der Waals surface area contributed by atoms with Crippen LogP contribution in [0, 0.1) is 0 Å². The molecule has 0 saturated carbocycles. The number of hydrogen-bond donors (Lipinski definition) is 0. The molecule has 1 aromatic rings. The van der Waals surface area contributed by atoms with Gasteiger partial charge in [-0.15, -0.1) is 0 Å². The number of rotatable bonds is 3. The Hall–Kier alpha value is -1.21. The summed E-state index contributed by atoms with van der Waals surface area (Å²) in [6.07, 6.45) is 11.1. The summed E-state index contributed by atoms with van der Waals surface area (Å²) in [5.74, 6) is 2.80.